The topological polar surface area (TPSA) is 104 Å². The van der Waals surface area contributed by atoms with Gasteiger partial charge < -0.3 is 5.73 Å². The van der Waals surface area contributed by atoms with Gasteiger partial charge in [-0.1, -0.05) is 0 Å². The van der Waals surface area contributed by atoms with Gasteiger partial charge in [0.1, 0.15) is 6.04 Å². The summed E-state index contributed by atoms with van der Waals surface area (Å²) in [6.45, 7) is 1.55. The predicted molar refractivity (Wildman–Crippen MR) is 48.3 cm³/mol. The molecular weight excluding hydrogens is 206 g/mol. The second kappa shape index (κ2) is 3.55. The molecule has 1 heterocycles. The van der Waals surface area contributed by atoms with Crippen molar-refractivity contribution in [2.24, 2.45) is 5.73 Å². The lowest BCUT2D eigenvalue weighted by atomic mass is 10.1. The fraction of sp³-hybridized carbons (Fsp3) is 0.714. The molecule has 0 bridgehead atoms. The third-order valence-electron chi connectivity index (χ3n) is 2.25. The summed E-state index contributed by atoms with van der Waals surface area (Å²) in [5.41, 5.74) is 5.00. The molecule has 2 atom stereocenters. The van der Waals surface area contributed by atoms with E-state index in [9.17, 15) is 13.2 Å². The number of hydrogen-bond donors (Lipinski definition) is 1. The standard InChI is InChI=1S/C7H11N3O3S/c1-5(4-8)14(12,13)10-3-2-6(10)7(9)11/h5-6H,2-3H2,1H3,(H2,9,11). The maximum atomic E-state index is 11.6. The molecule has 0 aliphatic carbocycles. The molecule has 2 unspecified atom stereocenters. The van der Waals surface area contributed by atoms with Crippen molar-refractivity contribution in [2.45, 2.75) is 24.6 Å². The second-order valence-electron chi connectivity index (χ2n) is 3.13. The van der Waals surface area contributed by atoms with Gasteiger partial charge in [0.2, 0.25) is 15.9 Å². The lowest BCUT2D eigenvalue weighted by Gasteiger charge is -2.37. The SMILES string of the molecule is CC(C#N)S(=O)(=O)N1CCC1C(N)=O. The van der Waals surface area contributed by atoms with E-state index in [1.807, 2.05) is 0 Å². The summed E-state index contributed by atoms with van der Waals surface area (Å²) in [5.74, 6) is -0.662. The molecule has 0 aromatic heterocycles. The monoisotopic (exact) mass is 217 g/mol. The van der Waals surface area contributed by atoms with E-state index in [0.29, 0.717) is 6.42 Å². The van der Waals surface area contributed by atoms with Crippen molar-refractivity contribution < 1.29 is 13.2 Å². The highest BCUT2D eigenvalue weighted by Gasteiger charge is 2.43. The van der Waals surface area contributed by atoms with Crippen LogP contribution in [-0.4, -0.2) is 36.5 Å². The normalized spacial score (nSPS) is 24.7. The Labute approximate surface area is 82.3 Å². The molecule has 0 aromatic rings. The number of carbonyl (C=O) groups is 1. The van der Waals surface area contributed by atoms with Crippen LogP contribution < -0.4 is 5.73 Å². The lowest BCUT2D eigenvalue weighted by molar-refractivity contribution is -0.124. The van der Waals surface area contributed by atoms with Crippen LogP contribution in [-0.2, 0) is 14.8 Å². The van der Waals surface area contributed by atoms with Gasteiger partial charge in [0.25, 0.3) is 0 Å². The van der Waals surface area contributed by atoms with Crippen LogP contribution >= 0.6 is 0 Å². The highest BCUT2D eigenvalue weighted by atomic mass is 32.2. The number of nitrogens with two attached hydrogens (primary N) is 1. The minimum atomic E-state index is -3.68. The van der Waals surface area contributed by atoms with Gasteiger partial charge in [0, 0.05) is 6.54 Å². The summed E-state index contributed by atoms with van der Waals surface area (Å²) in [5, 5.41) is 7.36. The Balaban J connectivity index is 2.87. The first-order chi connectivity index (χ1) is 6.41. The molecule has 1 aliphatic heterocycles. The first-order valence-corrected chi connectivity index (χ1v) is 5.61. The van der Waals surface area contributed by atoms with Crippen molar-refractivity contribution in [3.63, 3.8) is 0 Å². The van der Waals surface area contributed by atoms with Gasteiger partial charge >= 0.3 is 0 Å². The van der Waals surface area contributed by atoms with Gasteiger partial charge in [-0.05, 0) is 13.3 Å². The highest BCUT2D eigenvalue weighted by Crippen LogP contribution is 2.23. The molecule has 0 saturated carbocycles. The molecule has 0 radical (unpaired) electrons. The molecule has 78 valence electrons. The molecule has 6 nitrogen and oxygen atoms in total. The summed E-state index contributed by atoms with van der Waals surface area (Å²) >= 11 is 0. The number of amides is 1. The molecular formula is C7H11N3O3S. The molecule has 0 spiro atoms. The maximum Gasteiger partial charge on any atom is 0.235 e. The van der Waals surface area contributed by atoms with Crippen LogP contribution in [0.1, 0.15) is 13.3 Å². The van der Waals surface area contributed by atoms with Crippen LogP contribution in [0.2, 0.25) is 0 Å². The summed E-state index contributed by atoms with van der Waals surface area (Å²) < 4.78 is 24.1. The fourth-order valence-corrected chi connectivity index (χ4v) is 2.69. The average molecular weight is 217 g/mol. The minimum Gasteiger partial charge on any atom is -0.368 e. The number of hydrogen-bond acceptors (Lipinski definition) is 4. The quantitative estimate of drug-likeness (QED) is 0.640. The van der Waals surface area contributed by atoms with E-state index >= 15 is 0 Å². The molecule has 1 rings (SSSR count). The number of sulfonamides is 1. The zero-order valence-electron chi connectivity index (χ0n) is 7.67. The number of carbonyl (C=O) groups excluding carboxylic acids is 1. The first kappa shape index (κ1) is 10.9. The van der Waals surface area contributed by atoms with Crippen LogP contribution in [0.4, 0.5) is 0 Å². The van der Waals surface area contributed by atoms with E-state index in [0.717, 1.165) is 4.31 Å². The van der Waals surface area contributed by atoms with E-state index in [-0.39, 0.29) is 6.54 Å². The van der Waals surface area contributed by atoms with Crippen molar-refractivity contribution in [1.29, 1.82) is 5.26 Å². The van der Waals surface area contributed by atoms with Crippen molar-refractivity contribution in [3.05, 3.63) is 0 Å². The summed E-state index contributed by atoms with van der Waals surface area (Å²) in [4.78, 5) is 10.8. The smallest absolute Gasteiger partial charge is 0.235 e. The number of nitrogens with zero attached hydrogens (tertiary/aromatic N) is 2. The van der Waals surface area contributed by atoms with Crippen LogP contribution in [0.25, 0.3) is 0 Å². The summed E-state index contributed by atoms with van der Waals surface area (Å²) in [6.07, 6.45) is 0.437. The molecule has 2 N–H and O–H groups in total. The number of nitriles is 1. The Hall–Kier alpha value is -1.13. The molecule has 14 heavy (non-hydrogen) atoms. The Morgan fingerprint density at radius 2 is 2.29 bits per heavy atom. The van der Waals surface area contributed by atoms with Gasteiger partial charge in [0.05, 0.1) is 6.07 Å². The lowest BCUT2D eigenvalue weighted by Crippen LogP contribution is -2.58. The number of rotatable bonds is 3. The molecule has 1 saturated heterocycles. The largest absolute Gasteiger partial charge is 0.368 e. The molecule has 0 aromatic carbocycles. The van der Waals surface area contributed by atoms with Crippen LogP contribution in [0.15, 0.2) is 0 Å². The summed E-state index contributed by atoms with van der Waals surface area (Å²) in [7, 11) is -3.68. The van der Waals surface area contributed by atoms with Crippen molar-refractivity contribution in [3.8, 4) is 6.07 Å². The van der Waals surface area contributed by atoms with E-state index in [2.05, 4.69) is 0 Å². The Bertz CT molecular complexity index is 383. The number of primary amides is 1. The van der Waals surface area contributed by atoms with Crippen LogP contribution in [0, 0.1) is 11.3 Å². The van der Waals surface area contributed by atoms with Gasteiger partial charge in [-0.25, -0.2) is 8.42 Å². The van der Waals surface area contributed by atoms with Crippen molar-refractivity contribution in [1.82, 2.24) is 4.31 Å². The fourth-order valence-electron chi connectivity index (χ4n) is 1.22. The van der Waals surface area contributed by atoms with E-state index in [4.69, 9.17) is 11.0 Å². The molecule has 1 aliphatic rings. The molecule has 7 heteroatoms. The maximum absolute atomic E-state index is 11.6. The average Bonchev–Trinajstić information content (AvgIpc) is 1.98. The van der Waals surface area contributed by atoms with E-state index < -0.39 is 27.2 Å². The van der Waals surface area contributed by atoms with E-state index in [1.165, 1.54) is 6.92 Å². The Kier molecular flexibility index (Phi) is 2.78. The second-order valence-corrected chi connectivity index (χ2v) is 5.34. The van der Waals surface area contributed by atoms with E-state index in [1.54, 1.807) is 6.07 Å². The third kappa shape index (κ3) is 1.58. The Morgan fingerprint density at radius 3 is 2.57 bits per heavy atom. The zero-order chi connectivity index (χ0) is 10.9. The molecule has 1 amide bonds. The molecule has 1 fully saturated rings. The van der Waals surface area contributed by atoms with Gasteiger partial charge in [-0.2, -0.15) is 9.57 Å². The highest BCUT2D eigenvalue weighted by molar-refractivity contribution is 7.90. The van der Waals surface area contributed by atoms with Crippen molar-refractivity contribution >= 4 is 15.9 Å². The first-order valence-electron chi connectivity index (χ1n) is 4.11. The van der Waals surface area contributed by atoms with Gasteiger partial charge in [0.15, 0.2) is 5.25 Å². The van der Waals surface area contributed by atoms with Crippen LogP contribution in [0.3, 0.4) is 0 Å². The third-order valence-corrected chi connectivity index (χ3v) is 4.34. The van der Waals surface area contributed by atoms with Gasteiger partial charge in [-0.3, -0.25) is 4.79 Å². The van der Waals surface area contributed by atoms with Gasteiger partial charge in [-0.15, -0.1) is 0 Å². The van der Waals surface area contributed by atoms with Crippen LogP contribution in [0.5, 0.6) is 0 Å². The predicted octanol–water partition coefficient (Wildman–Crippen LogP) is -1.21. The van der Waals surface area contributed by atoms with Crippen molar-refractivity contribution in [2.75, 3.05) is 6.54 Å². The zero-order valence-corrected chi connectivity index (χ0v) is 8.49. The Morgan fingerprint density at radius 1 is 1.71 bits per heavy atom. The minimum absolute atomic E-state index is 0.266. The summed E-state index contributed by atoms with van der Waals surface area (Å²) in [6, 6.07) is 0.864.